The van der Waals surface area contributed by atoms with Crippen molar-refractivity contribution < 1.29 is 14.3 Å². The second kappa shape index (κ2) is 9.89. The highest BCUT2D eigenvalue weighted by Gasteiger charge is 2.44. The Hall–Kier alpha value is -3.54. The van der Waals surface area contributed by atoms with Gasteiger partial charge in [-0.2, -0.15) is 5.26 Å². The van der Waals surface area contributed by atoms with E-state index in [0.717, 1.165) is 78.8 Å². The van der Waals surface area contributed by atoms with E-state index in [1.165, 1.54) is 6.33 Å². The Bertz CT molecular complexity index is 1300. The van der Waals surface area contributed by atoms with Crippen LogP contribution in [-0.4, -0.2) is 40.4 Å². The Morgan fingerprint density at radius 3 is 2.54 bits per heavy atom. The predicted octanol–water partition coefficient (Wildman–Crippen LogP) is 5.49. The number of anilines is 2. The topological polar surface area (TPSA) is 135 Å². The summed E-state index contributed by atoms with van der Waals surface area (Å²) >= 11 is 0. The number of rotatable bonds is 6. The Kier molecular flexibility index (Phi) is 6.86. The van der Waals surface area contributed by atoms with Gasteiger partial charge < -0.3 is 25.8 Å². The van der Waals surface area contributed by atoms with Gasteiger partial charge in [-0.3, -0.25) is 0 Å². The maximum absolute atomic E-state index is 12.2. The summed E-state index contributed by atoms with van der Waals surface area (Å²) in [6, 6.07) is 6.65. The van der Waals surface area contributed by atoms with Crippen LogP contribution in [-0.2, 0) is 16.6 Å². The number of hydrogen-bond acceptors (Lipinski definition) is 8. The van der Waals surface area contributed by atoms with E-state index in [0.29, 0.717) is 12.4 Å². The van der Waals surface area contributed by atoms with Crippen LogP contribution >= 0.6 is 0 Å². The summed E-state index contributed by atoms with van der Waals surface area (Å²) in [6.45, 7) is 10.5. The zero-order valence-corrected chi connectivity index (χ0v) is 23.7. The summed E-state index contributed by atoms with van der Waals surface area (Å²) in [7, 11) is 0. The minimum absolute atomic E-state index is 0.0352. The number of nitrogens with one attached hydrogen (secondary N) is 2. The molecule has 5 rings (SSSR count). The summed E-state index contributed by atoms with van der Waals surface area (Å²) in [5, 5.41) is 16.3. The van der Waals surface area contributed by atoms with Crippen LogP contribution in [0.1, 0.15) is 84.3 Å². The van der Waals surface area contributed by atoms with E-state index >= 15 is 0 Å². The van der Waals surface area contributed by atoms with E-state index in [-0.39, 0.29) is 29.1 Å². The van der Waals surface area contributed by atoms with Crippen LogP contribution in [0, 0.1) is 16.7 Å². The number of benzene rings is 1. The fourth-order valence-electron chi connectivity index (χ4n) is 5.84. The lowest BCUT2D eigenvalue weighted by Crippen LogP contribution is -2.42. The van der Waals surface area contributed by atoms with Crippen molar-refractivity contribution in [3.05, 3.63) is 29.6 Å². The second-order valence-electron chi connectivity index (χ2n) is 13.0. The molecule has 0 radical (unpaired) electrons. The minimum Gasteiger partial charge on any atom is -0.488 e. The average molecular weight is 533 g/mol. The van der Waals surface area contributed by atoms with Gasteiger partial charge in [-0.15, -0.1) is 0 Å². The van der Waals surface area contributed by atoms with Crippen molar-refractivity contribution in [3.8, 4) is 23.1 Å². The molecule has 9 heteroatoms. The number of ether oxygens (including phenoxy) is 2. The van der Waals surface area contributed by atoms with Crippen molar-refractivity contribution in [2.75, 3.05) is 17.6 Å². The van der Waals surface area contributed by atoms with Crippen molar-refractivity contribution in [3.63, 3.8) is 0 Å². The number of nitrogens with zero attached hydrogens (tertiary/aromatic N) is 3. The van der Waals surface area contributed by atoms with Gasteiger partial charge in [-0.05, 0) is 88.8 Å². The average Bonchev–Trinajstić information content (AvgIpc) is 3.63. The molecule has 0 saturated heterocycles. The van der Waals surface area contributed by atoms with Crippen molar-refractivity contribution >= 4 is 17.6 Å². The summed E-state index contributed by atoms with van der Waals surface area (Å²) in [5.74, 6) is 1.32. The molecule has 208 valence electrons. The number of alkyl carbamates (subject to hydrolysis) is 1. The van der Waals surface area contributed by atoms with Crippen molar-refractivity contribution in [2.45, 2.75) is 103 Å². The van der Waals surface area contributed by atoms with Crippen LogP contribution < -0.4 is 21.1 Å². The van der Waals surface area contributed by atoms with Crippen molar-refractivity contribution in [2.24, 2.45) is 5.41 Å². The fourth-order valence-corrected chi connectivity index (χ4v) is 5.84. The van der Waals surface area contributed by atoms with E-state index < -0.39 is 5.60 Å². The first-order valence-corrected chi connectivity index (χ1v) is 14.0. The highest BCUT2D eigenvalue weighted by atomic mass is 16.6. The first kappa shape index (κ1) is 27.0. The first-order chi connectivity index (χ1) is 18.4. The largest absolute Gasteiger partial charge is 0.488 e. The van der Waals surface area contributed by atoms with Gasteiger partial charge in [0, 0.05) is 23.7 Å². The van der Waals surface area contributed by atoms with Crippen LogP contribution in [0.15, 0.2) is 18.5 Å². The molecular formula is C30H40N6O3. The monoisotopic (exact) mass is 532 g/mol. The molecule has 0 atom stereocenters. The Labute approximate surface area is 230 Å². The Balaban J connectivity index is 1.38. The lowest BCUT2D eigenvalue weighted by molar-refractivity contribution is 0.0471. The summed E-state index contributed by atoms with van der Waals surface area (Å²) in [6.07, 6.45) is 7.07. The third kappa shape index (κ3) is 5.75. The zero-order valence-electron chi connectivity index (χ0n) is 23.7. The first-order valence-electron chi connectivity index (χ1n) is 14.0. The van der Waals surface area contributed by atoms with Gasteiger partial charge in [0.25, 0.3) is 0 Å². The summed E-state index contributed by atoms with van der Waals surface area (Å²) in [4.78, 5) is 21.1. The molecule has 1 amide bonds. The fraction of sp³-hybridized carbons (Fsp3) is 0.600. The van der Waals surface area contributed by atoms with Gasteiger partial charge in [0.05, 0.1) is 29.0 Å². The molecule has 1 aromatic carbocycles. The molecule has 0 spiro atoms. The molecule has 1 heterocycles. The molecule has 1 aromatic heterocycles. The molecule has 39 heavy (non-hydrogen) atoms. The van der Waals surface area contributed by atoms with E-state index in [4.69, 9.17) is 15.2 Å². The number of nitriles is 1. The number of hydrogen-bond donors (Lipinski definition) is 3. The molecule has 2 saturated carbocycles. The lowest BCUT2D eigenvalue weighted by atomic mass is 9.71. The minimum atomic E-state index is -0.516. The smallest absolute Gasteiger partial charge is 0.407 e. The van der Waals surface area contributed by atoms with Gasteiger partial charge >= 0.3 is 6.09 Å². The highest BCUT2D eigenvalue weighted by Crippen LogP contribution is 2.50. The van der Waals surface area contributed by atoms with Crippen LogP contribution in [0.4, 0.5) is 16.3 Å². The third-order valence-corrected chi connectivity index (χ3v) is 8.08. The zero-order chi connectivity index (χ0) is 28.0. The maximum atomic E-state index is 12.2. The summed E-state index contributed by atoms with van der Waals surface area (Å²) in [5.41, 5.74) is 10.2. The van der Waals surface area contributed by atoms with Crippen LogP contribution in [0.3, 0.4) is 0 Å². The van der Waals surface area contributed by atoms with Gasteiger partial charge in [0.2, 0.25) is 0 Å². The van der Waals surface area contributed by atoms with Crippen molar-refractivity contribution in [1.29, 1.82) is 5.26 Å². The second-order valence-corrected chi connectivity index (χ2v) is 13.0. The van der Waals surface area contributed by atoms with Gasteiger partial charge in [0.15, 0.2) is 0 Å². The highest BCUT2D eigenvalue weighted by molar-refractivity contribution is 5.82. The number of nitrogen functional groups attached to an aromatic ring is 1. The number of nitrogens with two attached hydrogens (primary N) is 1. The standard InChI is InChI=1S/C30H40N6O3/c1-28(2,3)39-27(37)36-18-6-8-19(9-7-18)38-22-11-10-20-21(24(22)33-16-30(15-31)12-13-30)14-29(4,5)23-25(20)34-17-35-26(23)32/h10-11,17-19,33H,6-9,12-14,16H2,1-5H3,(H,36,37)(H2,32,34,35)/t18-,19-. The quantitative estimate of drug-likeness (QED) is 0.444. The number of carbonyl (C=O) groups excluding carboxylic acids is 1. The van der Waals surface area contributed by atoms with E-state index in [2.05, 4.69) is 46.6 Å². The molecular weight excluding hydrogens is 492 g/mol. The molecule has 3 aliphatic carbocycles. The molecule has 0 unspecified atom stereocenters. The molecule has 4 N–H and O–H groups in total. The van der Waals surface area contributed by atoms with Crippen molar-refractivity contribution in [1.82, 2.24) is 15.3 Å². The van der Waals surface area contributed by atoms with Gasteiger partial charge in [-0.25, -0.2) is 14.8 Å². The molecule has 2 fully saturated rings. The lowest BCUT2D eigenvalue weighted by Gasteiger charge is -2.36. The molecule has 9 nitrogen and oxygen atoms in total. The molecule has 0 aliphatic heterocycles. The van der Waals surface area contributed by atoms with Crippen LogP contribution in [0.2, 0.25) is 0 Å². The van der Waals surface area contributed by atoms with Crippen LogP contribution in [0.5, 0.6) is 5.75 Å². The third-order valence-electron chi connectivity index (χ3n) is 8.08. The number of fused-ring (bicyclic) bond motifs is 3. The normalized spacial score (nSPS) is 22.5. The number of carbonyl (C=O) groups is 1. The molecule has 2 aromatic rings. The van der Waals surface area contributed by atoms with E-state index in [9.17, 15) is 10.1 Å². The van der Waals surface area contributed by atoms with Gasteiger partial charge in [-0.1, -0.05) is 13.8 Å². The molecule has 0 bridgehead atoms. The van der Waals surface area contributed by atoms with E-state index in [1.807, 2.05) is 26.8 Å². The SMILES string of the molecule is CC(C)(C)OC(=O)N[C@H]1CC[C@H](Oc2ccc3c(c2NCC2(C#N)CC2)CC(C)(C)c2c(N)ncnc2-3)CC1. The number of aromatic nitrogens is 2. The van der Waals surface area contributed by atoms with E-state index in [1.54, 1.807) is 0 Å². The Morgan fingerprint density at radius 2 is 1.90 bits per heavy atom. The summed E-state index contributed by atoms with van der Waals surface area (Å²) < 4.78 is 12.1. The Morgan fingerprint density at radius 1 is 1.18 bits per heavy atom. The number of amides is 1. The van der Waals surface area contributed by atoms with Gasteiger partial charge in [0.1, 0.15) is 23.5 Å². The van der Waals surface area contributed by atoms with Crippen LogP contribution in [0.25, 0.3) is 11.3 Å². The predicted molar refractivity (Wildman–Crippen MR) is 150 cm³/mol. The maximum Gasteiger partial charge on any atom is 0.407 e. The molecule has 3 aliphatic rings.